The van der Waals surface area contributed by atoms with Gasteiger partial charge in [-0.2, -0.15) is 0 Å². The Kier molecular flexibility index (Phi) is 33.1. The zero-order chi connectivity index (χ0) is 70.0. The molecule has 0 saturated carbocycles. The summed E-state index contributed by atoms with van der Waals surface area (Å²) in [5.74, 6) is -9.79. The van der Waals surface area contributed by atoms with Crippen LogP contribution >= 0.6 is 0 Å². The summed E-state index contributed by atoms with van der Waals surface area (Å²) < 4.78 is 5.57. The van der Waals surface area contributed by atoms with E-state index in [-0.39, 0.29) is 43.4 Å². The van der Waals surface area contributed by atoms with E-state index in [2.05, 4.69) is 26.2 Å². The van der Waals surface area contributed by atoms with Crippen LogP contribution in [0.5, 0.6) is 0 Å². The third kappa shape index (κ3) is 22.1. The van der Waals surface area contributed by atoms with Crippen molar-refractivity contribution < 1.29 is 62.6 Å². The van der Waals surface area contributed by atoms with Gasteiger partial charge >= 0.3 is 0 Å². The van der Waals surface area contributed by atoms with E-state index >= 15 is 19.2 Å². The van der Waals surface area contributed by atoms with Gasteiger partial charge in [0.25, 0.3) is 0 Å². The summed E-state index contributed by atoms with van der Waals surface area (Å²) in [4.78, 5) is 174. The Bertz CT molecular complexity index is 2460. The van der Waals surface area contributed by atoms with Gasteiger partial charge in [-0.1, -0.05) is 103 Å². The average molecular weight is 1290 g/mol. The van der Waals surface area contributed by atoms with Crippen LogP contribution in [0.15, 0.2) is 0 Å². The molecule has 11 amide bonds. The van der Waals surface area contributed by atoms with Crippen molar-refractivity contribution >= 4 is 65.0 Å². The van der Waals surface area contributed by atoms with Crippen molar-refractivity contribution in [2.75, 3.05) is 82.2 Å². The fourth-order valence-corrected chi connectivity index (χ4v) is 12.0. The quantitative estimate of drug-likeness (QED) is 0.140. The van der Waals surface area contributed by atoms with Crippen molar-refractivity contribution in [2.24, 2.45) is 41.4 Å². The summed E-state index contributed by atoms with van der Waals surface area (Å²) in [6, 6.07) is -13.7. The Hall–Kier alpha value is -5.95. The van der Waals surface area contributed by atoms with Crippen LogP contribution in [0.25, 0.3) is 0 Å². The molecular weight excluding hydrogens is 1170 g/mol. The average Bonchev–Trinajstić information content (AvgIpc) is 2.48. The minimum absolute atomic E-state index is 0.0164. The number of likely N-dealkylation sites (N-methyl/N-ethyl adjacent to an activating group) is 7. The standard InChI is InChI=1S/C66H120N12O13/c1-25-42(13)55(79)54-59(83)69-47(26-2)62(86)71(18)46(17)61(85)76(23)53(43(14)29-30-78-31-33-91-34-32-78)58(82)70-51(40(9)10)65(89)72(19)48(28-27-37(3)4)57(81)67-44(15)56(80)68-45(16)60(84)73(20)49(35-38(5)6)63(87)74(21)50(36-39(7)8)64(88)75(22)52(41(11)12)66(90)77(54)24/h37-55,79H,25-36H2,1-24H3,(H,67,81)(H,68,80)(H,69,83)(H,70,82)/t42-,43-,44+,45-,46-,47+,48+,49+,50+,51+,52+,53?,54+,55-/m1/s1. The number of nitrogens with one attached hydrogen (secondary N) is 4. The first kappa shape index (κ1) is 81.1. The van der Waals surface area contributed by atoms with E-state index in [1.54, 1.807) is 41.5 Å². The van der Waals surface area contributed by atoms with Crippen molar-refractivity contribution in [3.8, 4) is 0 Å². The number of hydrogen-bond acceptors (Lipinski definition) is 14. The molecule has 2 rings (SSSR count). The number of hydrogen-bond donors (Lipinski definition) is 5. The van der Waals surface area contributed by atoms with Crippen molar-refractivity contribution in [1.29, 1.82) is 0 Å². The fraction of sp³-hybridized carbons (Fsp3) is 0.833. The molecule has 0 spiro atoms. The zero-order valence-electron chi connectivity index (χ0n) is 59.9. The molecule has 25 nitrogen and oxygen atoms in total. The Morgan fingerprint density at radius 1 is 0.462 bits per heavy atom. The summed E-state index contributed by atoms with van der Waals surface area (Å²) in [6.07, 6.45) is 0.350. The van der Waals surface area contributed by atoms with Gasteiger partial charge in [0.1, 0.15) is 66.5 Å². The highest BCUT2D eigenvalue weighted by atomic mass is 16.5. The zero-order valence-corrected chi connectivity index (χ0v) is 59.9. The lowest BCUT2D eigenvalue weighted by molar-refractivity contribution is -0.157. The molecule has 0 bridgehead atoms. The first-order valence-corrected chi connectivity index (χ1v) is 33.3. The molecule has 91 heavy (non-hydrogen) atoms. The van der Waals surface area contributed by atoms with Gasteiger partial charge in [-0.3, -0.25) is 57.6 Å². The maximum absolute atomic E-state index is 15.2. The van der Waals surface area contributed by atoms with Gasteiger partial charge in [-0.05, 0) is 107 Å². The number of rotatable bonds is 17. The van der Waals surface area contributed by atoms with E-state index in [4.69, 9.17) is 4.74 Å². The second-order valence-electron chi connectivity index (χ2n) is 27.9. The highest BCUT2D eigenvalue weighted by Crippen LogP contribution is 2.26. The van der Waals surface area contributed by atoms with Crippen LogP contribution in [0, 0.1) is 41.4 Å². The summed E-state index contributed by atoms with van der Waals surface area (Å²) in [6.45, 7) is 32.8. The SMILES string of the molecule is CC[C@@H]1NC(=O)[C@H]([C@H](O)[C@H](C)CC)N(C)C(=O)[C@H](C(C)C)N(C)C(=O)[C@H](CC(C)C)N(C)C(=O)[C@H](CC(C)C)N(C)C(=O)[C@@H](C)NC(=O)[C@H](C)NC(=O)[C@H](CCC(C)C)N(C)C(=O)[C@H](C(C)C)NC(=O)C([C@H](C)CCN2CCOCC2)N(C)C(=O)[C@@H](C)N(C)C1=O. The molecule has 14 atom stereocenters. The molecular formula is C66H120N12O13. The first-order valence-electron chi connectivity index (χ1n) is 33.3. The number of ether oxygens (including phenoxy) is 1. The predicted octanol–water partition coefficient (Wildman–Crippen LogP) is 2.80. The maximum Gasteiger partial charge on any atom is 0.246 e. The van der Waals surface area contributed by atoms with Crippen molar-refractivity contribution in [1.82, 2.24) is 60.5 Å². The maximum atomic E-state index is 15.2. The molecule has 2 heterocycles. The number of nitrogens with zero attached hydrogens (tertiary/aromatic N) is 8. The monoisotopic (exact) mass is 1290 g/mol. The summed E-state index contributed by atoms with van der Waals surface area (Å²) in [5, 5.41) is 23.2. The minimum atomic E-state index is -1.60. The van der Waals surface area contributed by atoms with Gasteiger partial charge in [0, 0.05) is 62.4 Å². The van der Waals surface area contributed by atoms with Crippen LogP contribution in [0.2, 0.25) is 0 Å². The van der Waals surface area contributed by atoms with Gasteiger partial charge in [-0.25, -0.2) is 0 Å². The van der Waals surface area contributed by atoms with E-state index in [1.807, 2.05) is 55.4 Å². The van der Waals surface area contributed by atoms with E-state index < -0.39 is 161 Å². The van der Waals surface area contributed by atoms with Gasteiger partial charge < -0.3 is 65.4 Å². The fourth-order valence-electron chi connectivity index (χ4n) is 12.0. The van der Waals surface area contributed by atoms with Crippen LogP contribution in [-0.2, 0) is 57.5 Å². The summed E-state index contributed by atoms with van der Waals surface area (Å²) in [7, 11) is 10.0. The van der Waals surface area contributed by atoms with Gasteiger partial charge in [0.15, 0.2) is 0 Å². The lowest BCUT2D eigenvalue weighted by Crippen LogP contribution is -2.64. The van der Waals surface area contributed by atoms with Crippen molar-refractivity contribution in [3.63, 3.8) is 0 Å². The highest BCUT2D eigenvalue weighted by molar-refractivity contribution is 6.00. The second kappa shape index (κ2) is 37.1. The lowest BCUT2D eigenvalue weighted by atomic mass is 9.92. The predicted molar refractivity (Wildman–Crippen MR) is 350 cm³/mol. The number of aliphatic hydroxyl groups is 1. The Balaban J connectivity index is 3.02. The van der Waals surface area contributed by atoms with Gasteiger partial charge in [-0.15, -0.1) is 0 Å². The summed E-state index contributed by atoms with van der Waals surface area (Å²) >= 11 is 0. The molecule has 2 fully saturated rings. The molecule has 2 aliphatic rings. The smallest absolute Gasteiger partial charge is 0.246 e. The van der Waals surface area contributed by atoms with Crippen molar-refractivity contribution in [2.45, 2.75) is 235 Å². The Morgan fingerprint density at radius 3 is 1.42 bits per heavy atom. The lowest BCUT2D eigenvalue weighted by Gasteiger charge is -2.41. The summed E-state index contributed by atoms with van der Waals surface area (Å²) in [5.41, 5.74) is 0. The third-order valence-electron chi connectivity index (χ3n) is 18.6. The molecule has 0 aromatic rings. The third-order valence-corrected chi connectivity index (χ3v) is 18.6. The van der Waals surface area contributed by atoms with E-state index in [0.29, 0.717) is 52.1 Å². The molecule has 2 aliphatic heterocycles. The second-order valence-corrected chi connectivity index (χ2v) is 27.9. The van der Waals surface area contributed by atoms with Crippen LogP contribution in [0.1, 0.15) is 163 Å². The molecule has 5 N–H and O–H groups in total. The Morgan fingerprint density at radius 2 is 0.934 bits per heavy atom. The van der Waals surface area contributed by atoms with Crippen LogP contribution in [0.3, 0.4) is 0 Å². The molecule has 522 valence electrons. The normalized spacial score (nSPS) is 28.2. The number of amides is 11. The van der Waals surface area contributed by atoms with E-state index in [0.717, 1.165) is 4.90 Å². The molecule has 2 saturated heterocycles. The molecule has 1 unspecified atom stereocenters. The minimum Gasteiger partial charge on any atom is -0.390 e. The van der Waals surface area contributed by atoms with Gasteiger partial charge in [0.2, 0.25) is 65.0 Å². The van der Waals surface area contributed by atoms with Crippen LogP contribution in [-0.4, -0.2) is 264 Å². The first-order chi connectivity index (χ1) is 42.2. The molecule has 25 heteroatoms. The largest absolute Gasteiger partial charge is 0.390 e. The number of aliphatic hydroxyl groups excluding tert-OH is 1. The molecule has 0 aromatic heterocycles. The van der Waals surface area contributed by atoms with Gasteiger partial charge in [0.05, 0.1) is 19.3 Å². The highest BCUT2D eigenvalue weighted by Gasteiger charge is 2.46. The molecule has 0 aromatic carbocycles. The van der Waals surface area contributed by atoms with E-state index in [9.17, 15) is 38.7 Å². The van der Waals surface area contributed by atoms with Crippen LogP contribution in [0.4, 0.5) is 0 Å². The van der Waals surface area contributed by atoms with Crippen LogP contribution < -0.4 is 21.3 Å². The topological polar surface area (TPSA) is 291 Å². The number of carbonyl (C=O) groups is 11. The molecule has 0 radical (unpaired) electrons. The number of morpholine rings is 1. The van der Waals surface area contributed by atoms with Crippen molar-refractivity contribution in [3.05, 3.63) is 0 Å². The number of carbonyl (C=O) groups excluding carboxylic acids is 11. The molecule has 0 aliphatic carbocycles. The Labute approximate surface area is 544 Å². The van der Waals surface area contributed by atoms with E-state index in [1.165, 1.54) is 99.5 Å².